The van der Waals surface area contributed by atoms with E-state index in [1.165, 1.54) is 0 Å². The maximum absolute atomic E-state index is 12.1. The molecule has 0 aromatic heterocycles. The number of nitrogens with two attached hydrogens (primary N) is 1. The third-order valence-electron chi connectivity index (χ3n) is 3.07. The molecule has 0 saturated carbocycles. The van der Waals surface area contributed by atoms with Crippen LogP contribution in [0.2, 0.25) is 0 Å². The molecule has 0 atom stereocenters. The number of hydrazone groups is 1. The first-order valence-electron chi connectivity index (χ1n) is 6.87. The molecule has 2 rings (SSSR count). The Balaban J connectivity index is 2.17. The Morgan fingerprint density at radius 1 is 1.00 bits per heavy atom. The number of carbonyl (C=O) groups is 1. The lowest BCUT2D eigenvalue weighted by Crippen LogP contribution is -2.22. The SMILES string of the molecule is CC(C)/C(=N\NC(=O)c1ccc(N)cc1)c1ccccc1. The molecule has 0 radical (unpaired) electrons. The van der Waals surface area contributed by atoms with Crippen molar-refractivity contribution in [2.45, 2.75) is 13.8 Å². The minimum Gasteiger partial charge on any atom is -0.399 e. The predicted molar refractivity (Wildman–Crippen MR) is 86.1 cm³/mol. The van der Waals surface area contributed by atoms with E-state index in [1.54, 1.807) is 24.3 Å². The quantitative estimate of drug-likeness (QED) is 0.514. The molecule has 0 aliphatic rings. The maximum Gasteiger partial charge on any atom is 0.271 e. The summed E-state index contributed by atoms with van der Waals surface area (Å²) in [6, 6.07) is 16.6. The van der Waals surface area contributed by atoms with Crippen molar-refractivity contribution in [3.8, 4) is 0 Å². The van der Waals surface area contributed by atoms with Gasteiger partial charge in [-0.1, -0.05) is 44.2 Å². The van der Waals surface area contributed by atoms with Gasteiger partial charge in [0, 0.05) is 11.3 Å². The van der Waals surface area contributed by atoms with Crippen molar-refractivity contribution < 1.29 is 4.79 Å². The van der Waals surface area contributed by atoms with E-state index < -0.39 is 0 Å². The van der Waals surface area contributed by atoms with E-state index in [0.717, 1.165) is 11.3 Å². The van der Waals surface area contributed by atoms with Gasteiger partial charge in [-0.2, -0.15) is 5.10 Å². The van der Waals surface area contributed by atoms with E-state index in [0.29, 0.717) is 11.3 Å². The highest BCUT2D eigenvalue weighted by Gasteiger charge is 2.10. The molecule has 0 unspecified atom stereocenters. The largest absolute Gasteiger partial charge is 0.399 e. The molecule has 0 aliphatic carbocycles. The van der Waals surface area contributed by atoms with Crippen LogP contribution in [0, 0.1) is 5.92 Å². The van der Waals surface area contributed by atoms with Gasteiger partial charge in [0.15, 0.2) is 0 Å². The van der Waals surface area contributed by atoms with Crippen LogP contribution in [0.5, 0.6) is 0 Å². The number of nitrogens with one attached hydrogen (secondary N) is 1. The Morgan fingerprint density at radius 3 is 2.19 bits per heavy atom. The molecule has 21 heavy (non-hydrogen) atoms. The Labute approximate surface area is 124 Å². The number of benzene rings is 2. The van der Waals surface area contributed by atoms with Crippen molar-refractivity contribution >= 4 is 17.3 Å². The van der Waals surface area contributed by atoms with Crippen LogP contribution in [0.4, 0.5) is 5.69 Å². The zero-order chi connectivity index (χ0) is 15.2. The van der Waals surface area contributed by atoms with Crippen molar-refractivity contribution in [3.63, 3.8) is 0 Å². The van der Waals surface area contributed by atoms with Gasteiger partial charge in [-0.25, -0.2) is 5.43 Å². The molecule has 4 nitrogen and oxygen atoms in total. The van der Waals surface area contributed by atoms with E-state index in [-0.39, 0.29) is 11.8 Å². The summed E-state index contributed by atoms with van der Waals surface area (Å²) in [6.45, 7) is 4.09. The fraction of sp³-hybridized carbons (Fsp3) is 0.176. The number of carbonyl (C=O) groups excluding carboxylic acids is 1. The molecule has 0 saturated heterocycles. The molecule has 4 heteroatoms. The number of hydrogen-bond acceptors (Lipinski definition) is 3. The second kappa shape index (κ2) is 6.70. The summed E-state index contributed by atoms with van der Waals surface area (Å²) in [5.74, 6) is -0.0387. The molecule has 0 aliphatic heterocycles. The third kappa shape index (κ3) is 3.92. The molecule has 2 aromatic carbocycles. The van der Waals surface area contributed by atoms with Crippen LogP contribution in [-0.4, -0.2) is 11.6 Å². The Bertz CT molecular complexity index is 631. The Kier molecular flexibility index (Phi) is 4.72. The predicted octanol–water partition coefficient (Wildman–Crippen LogP) is 3.06. The van der Waals surface area contributed by atoms with Crippen molar-refractivity contribution in [2.24, 2.45) is 11.0 Å². The molecule has 2 aromatic rings. The minimum absolute atomic E-state index is 0.208. The number of hydrogen-bond donors (Lipinski definition) is 2. The van der Waals surface area contributed by atoms with Crippen LogP contribution < -0.4 is 11.2 Å². The number of nitrogens with zero attached hydrogens (tertiary/aromatic N) is 1. The van der Waals surface area contributed by atoms with Crippen molar-refractivity contribution in [1.29, 1.82) is 0 Å². The third-order valence-corrected chi connectivity index (χ3v) is 3.07. The van der Waals surface area contributed by atoms with E-state index >= 15 is 0 Å². The summed E-state index contributed by atoms with van der Waals surface area (Å²) in [6.07, 6.45) is 0. The van der Waals surface area contributed by atoms with Gasteiger partial charge in [-0.15, -0.1) is 0 Å². The van der Waals surface area contributed by atoms with E-state index in [1.807, 2.05) is 44.2 Å². The van der Waals surface area contributed by atoms with Crippen LogP contribution >= 0.6 is 0 Å². The molecule has 0 spiro atoms. The topological polar surface area (TPSA) is 67.5 Å². The molecular weight excluding hydrogens is 262 g/mol. The average molecular weight is 281 g/mol. The number of nitrogen functional groups attached to an aromatic ring is 1. The van der Waals surface area contributed by atoms with Gasteiger partial charge in [0.1, 0.15) is 0 Å². The summed E-state index contributed by atoms with van der Waals surface area (Å²) in [4.78, 5) is 12.1. The normalized spacial score (nSPS) is 11.5. The van der Waals surface area contributed by atoms with E-state index in [2.05, 4.69) is 10.5 Å². The summed E-state index contributed by atoms with van der Waals surface area (Å²) in [7, 11) is 0. The van der Waals surface area contributed by atoms with Gasteiger partial charge < -0.3 is 5.73 Å². The van der Waals surface area contributed by atoms with Crippen molar-refractivity contribution in [1.82, 2.24) is 5.43 Å². The molecule has 3 N–H and O–H groups in total. The highest BCUT2D eigenvalue weighted by Crippen LogP contribution is 2.10. The molecule has 1 amide bonds. The van der Waals surface area contributed by atoms with E-state index in [9.17, 15) is 4.79 Å². The van der Waals surface area contributed by atoms with Crippen LogP contribution in [0.1, 0.15) is 29.8 Å². The van der Waals surface area contributed by atoms with Gasteiger partial charge in [0.2, 0.25) is 0 Å². The van der Waals surface area contributed by atoms with Gasteiger partial charge in [0.25, 0.3) is 5.91 Å². The number of anilines is 1. The molecule has 0 bridgehead atoms. The highest BCUT2D eigenvalue weighted by atomic mass is 16.2. The second-order valence-electron chi connectivity index (χ2n) is 5.08. The van der Waals surface area contributed by atoms with Crippen molar-refractivity contribution in [3.05, 3.63) is 65.7 Å². The summed E-state index contributed by atoms with van der Waals surface area (Å²) in [5.41, 5.74) is 11.2. The molecular formula is C17H19N3O. The van der Waals surface area contributed by atoms with E-state index in [4.69, 9.17) is 5.73 Å². The highest BCUT2D eigenvalue weighted by molar-refractivity contribution is 6.03. The van der Waals surface area contributed by atoms with Gasteiger partial charge in [-0.3, -0.25) is 4.79 Å². The van der Waals surface area contributed by atoms with Crippen LogP contribution in [0.3, 0.4) is 0 Å². The van der Waals surface area contributed by atoms with Gasteiger partial charge >= 0.3 is 0 Å². The lowest BCUT2D eigenvalue weighted by Gasteiger charge is -2.10. The monoisotopic (exact) mass is 281 g/mol. The Morgan fingerprint density at radius 2 is 1.62 bits per heavy atom. The van der Waals surface area contributed by atoms with Crippen LogP contribution in [0.25, 0.3) is 0 Å². The van der Waals surface area contributed by atoms with Gasteiger partial charge in [0.05, 0.1) is 5.71 Å². The summed E-state index contributed by atoms with van der Waals surface area (Å²) in [5, 5.41) is 4.28. The first-order chi connectivity index (χ1) is 10.1. The Hall–Kier alpha value is -2.62. The fourth-order valence-electron chi connectivity index (χ4n) is 1.95. The number of rotatable bonds is 4. The zero-order valence-corrected chi connectivity index (χ0v) is 12.2. The van der Waals surface area contributed by atoms with Crippen molar-refractivity contribution in [2.75, 3.05) is 5.73 Å². The van der Waals surface area contributed by atoms with Gasteiger partial charge in [-0.05, 0) is 35.7 Å². The first kappa shape index (κ1) is 14.8. The molecule has 108 valence electrons. The smallest absolute Gasteiger partial charge is 0.271 e. The molecule has 0 heterocycles. The lowest BCUT2D eigenvalue weighted by molar-refractivity contribution is 0.0954. The van der Waals surface area contributed by atoms with Crippen LogP contribution in [-0.2, 0) is 0 Å². The summed E-state index contributed by atoms with van der Waals surface area (Å²) < 4.78 is 0. The minimum atomic E-state index is -0.246. The summed E-state index contributed by atoms with van der Waals surface area (Å²) >= 11 is 0. The standard InChI is InChI=1S/C17H19N3O/c1-12(2)16(13-6-4-3-5-7-13)19-20-17(21)14-8-10-15(18)11-9-14/h3-12H,18H2,1-2H3,(H,20,21)/b19-16+. The number of amides is 1. The molecule has 0 fully saturated rings. The lowest BCUT2D eigenvalue weighted by atomic mass is 10.0. The average Bonchev–Trinajstić information content (AvgIpc) is 2.48. The first-order valence-corrected chi connectivity index (χ1v) is 6.87. The maximum atomic E-state index is 12.1. The van der Waals surface area contributed by atoms with Crippen LogP contribution in [0.15, 0.2) is 59.7 Å². The second-order valence-corrected chi connectivity index (χ2v) is 5.08. The zero-order valence-electron chi connectivity index (χ0n) is 12.2. The fourth-order valence-corrected chi connectivity index (χ4v) is 1.95.